The van der Waals surface area contributed by atoms with Crippen LogP contribution in [0.25, 0.3) is 0 Å². The van der Waals surface area contributed by atoms with Crippen LogP contribution < -0.4 is 5.32 Å². The molecule has 1 atom stereocenters. The Morgan fingerprint density at radius 1 is 1.04 bits per heavy atom. The Balaban J connectivity index is 1.60. The summed E-state index contributed by atoms with van der Waals surface area (Å²) in [6.45, 7) is 0.904. The summed E-state index contributed by atoms with van der Waals surface area (Å²) in [5.41, 5.74) is 1.67. The van der Waals surface area contributed by atoms with Crippen molar-refractivity contribution in [3.05, 3.63) is 64.1 Å². The SMILES string of the molecule is O=C(Nc1ccc(Cl)cc1)C1CC(=O)N(Cc2ccc(Cl)cc2)C1. The van der Waals surface area contributed by atoms with E-state index in [1.165, 1.54) is 0 Å². The minimum Gasteiger partial charge on any atom is -0.338 e. The molecule has 1 aliphatic heterocycles. The van der Waals surface area contributed by atoms with Gasteiger partial charge in [-0.05, 0) is 42.0 Å². The van der Waals surface area contributed by atoms with Crippen LogP contribution in [0.1, 0.15) is 12.0 Å². The van der Waals surface area contributed by atoms with Crippen LogP contribution in [-0.4, -0.2) is 23.3 Å². The summed E-state index contributed by atoms with van der Waals surface area (Å²) in [6.07, 6.45) is 0.229. The summed E-state index contributed by atoms with van der Waals surface area (Å²) in [6, 6.07) is 14.3. The van der Waals surface area contributed by atoms with E-state index in [1.54, 1.807) is 41.3 Å². The molecule has 2 aromatic carbocycles. The fourth-order valence-corrected chi connectivity index (χ4v) is 2.94. The number of halogens is 2. The number of carbonyl (C=O) groups is 2. The van der Waals surface area contributed by atoms with Gasteiger partial charge in [0, 0.05) is 35.2 Å². The highest BCUT2D eigenvalue weighted by Gasteiger charge is 2.34. The van der Waals surface area contributed by atoms with Gasteiger partial charge in [0.05, 0.1) is 5.92 Å². The number of hydrogen-bond acceptors (Lipinski definition) is 2. The quantitative estimate of drug-likeness (QED) is 0.893. The van der Waals surface area contributed by atoms with Gasteiger partial charge in [0.15, 0.2) is 0 Å². The van der Waals surface area contributed by atoms with Crippen molar-refractivity contribution in [2.24, 2.45) is 5.92 Å². The second kappa shape index (κ2) is 7.24. The number of benzene rings is 2. The summed E-state index contributed by atoms with van der Waals surface area (Å²) in [5.74, 6) is -0.508. The molecule has 1 heterocycles. The van der Waals surface area contributed by atoms with Gasteiger partial charge < -0.3 is 10.2 Å². The molecule has 1 fully saturated rings. The molecule has 124 valence electrons. The summed E-state index contributed by atoms with van der Waals surface area (Å²) in [7, 11) is 0. The summed E-state index contributed by atoms with van der Waals surface area (Å²) in [4.78, 5) is 26.2. The van der Waals surface area contributed by atoms with Crippen LogP contribution in [0.15, 0.2) is 48.5 Å². The van der Waals surface area contributed by atoms with Crippen LogP contribution in [0.2, 0.25) is 10.0 Å². The number of carbonyl (C=O) groups excluding carboxylic acids is 2. The third-order valence-corrected chi connectivity index (χ3v) is 4.49. The molecule has 1 saturated heterocycles. The van der Waals surface area contributed by atoms with Crippen molar-refractivity contribution in [2.45, 2.75) is 13.0 Å². The number of hydrogen-bond donors (Lipinski definition) is 1. The van der Waals surface area contributed by atoms with E-state index in [0.717, 1.165) is 5.56 Å². The monoisotopic (exact) mass is 362 g/mol. The zero-order chi connectivity index (χ0) is 17.1. The number of anilines is 1. The standard InChI is InChI=1S/C18H16Cl2N2O2/c19-14-3-1-12(2-4-14)10-22-11-13(9-17(22)23)18(24)21-16-7-5-15(20)6-8-16/h1-8,13H,9-11H2,(H,21,24). The number of nitrogens with zero attached hydrogens (tertiary/aromatic N) is 1. The zero-order valence-corrected chi connectivity index (χ0v) is 14.3. The molecule has 0 aromatic heterocycles. The van der Waals surface area contributed by atoms with Crippen LogP contribution in [0.3, 0.4) is 0 Å². The van der Waals surface area contributed by atoms with Crippen LogP contribution in [0.4, 0.5) is 5.69 Å². The van der Waals surface area contributed by atoms with Crippen molar-refractivity contribution in [2.75, 3.05) is 11.9 Å². The first-order valence-electron chi connectivity index (χ1n) is 7.60. The van der Waals surface area contributed by atoms with Crippen molar-refractivity contribution in [3.8, 4) is 0 Å². The highest BCUT2D eigenvalue weighted by molar-refractivity contribution is 6.30. The van der Waals surface area contributed by atoms with Gasteiger partial charge >= 0.3 is 0 Å². The largest absolute Gasteiger partial charge is 0.338 e. The molecule has 0 saturated carbocycles. The lowest BCUT2D eigenvalue weighted by atomic mass is 10.1. The van der Waals surface area contributed by atoms with Crippen molar-refractivity contribution in [1.82, 2.24) is 4.90 Å². The molecule has 0 aliphatic carbocycles. The van der Waals surface area contributed by atoms with E-state index < -0.39 is 0 Å². The maximum atomic E-state index is 12.3. The lowest BCUT2D eigenvalue weighted by Gasteiger charge is -2.16. The van der Waals surface area contributed by atoms with Gasteiger partial charge in [-0.3, -0.25) is 9.59 Å². The Bertz CT molecular complexity index is 745. The smallest absolute Gasteiger partial charge is 0.229 e. The maximum Gasteiger partial charge on any atom is 0.229 e. The third-order valence-electron chi connectivity index (χ3n) is 3.98. The van der Waals surface area contributed by atoms with Crippen molar-refractivity contribution < 1.29 is 9.59 Å². The summed E-state index contributed by atoms with van der Waals surface area (Å²) >= 11 is 11.7. The predicted molar refractivity (Wildman–Crippen MR) is 95.1 cm³/mol. The minimum atomic E-state index is -0.347. The molecule has 0 bridgehead atoms. The first kappa shape index (κ1) is 16.8. The van der Waals surface area contributed by atoms with E-state index >= 15 is 0 Å². The normalized spacial score (nSPS) is 17.2. The van der Waals surface area contributed by atoms with Gasteiger partial charge in [0.2, 0.25) is 11.8 Å². The van der Waals surface area contributed by atoms with Crippen molar-refractivity contribution in [3.63, 3.8) is 0 Å². The average molecular weight is 363 g/mol. The molecule has 1 aliphatic rings. The van der Waals surface area contributed by atoms with Crippen LogP contribution in [-0.2, 0) is 16.1 Å². The van der Waals surface area contributed by atoms with Gasteiger partial charge in [-0.1, -0.05) is 35.3 Å². The van der Waals surface area contributed by atoms with Crippen LogP contribution in [0, 0.1) is 5.92 Å². The summed E-state index contributed by atoms with van der Waals surface area (Å²) in [5, 5.41) is 4.10. The highest BCUT2D eigenvalue weighted by atomic mass is 35.5. The molecule has 1 unspecified atom stereocenters. The zero-order valence-electron chi connectivity index (χ0n) is 12.8. The van der Waals surface area contributed by atoms with E-state index in [0.29, 0.717) is 28.8 Å². The molecule has 0 radical (unpaired) electrons. The summed E-state index contributed by atoms with van der Waals surface area (Å²) < 4.78 is 0. The van der Waals surface area contributed by atoms with Gasteiger partial charge in [0.1, 0.15) is 0 Å². The Kier molecular flexibility index (Phi) is 5.07. The highest BCUT2D eigenvalue weighted by Crippen LogP contribution is 2.23. The maximum absolute atomic E-state index is 12.3. The van der Waals surface area contributed by atoms with Gasteiger partial charge in [-0.25, -0.2) is 0 Å². The number of amides is 2. The first-order valence-corrected chi connectivity index (χ1v) is 8.35. The fraction of sp³-hybridized carbons (Fsp3) is 0.222. The predicted octanol–water partition coefficient (Wildman–Crippen LogP) is 3.98. The van der Waals surface area contributed by atoms with Crippen LogP contribution >= 0.6 is 23.2 Å². The fourth-order valence-electron chi connectivity index (χ4n) is 2.69. The first-order chi connectivity index (χ1) is 11.5. The number of rotatable bonds is 4. The number of nitrogens with one attached hydrogen (secondary N) is 1. The van der Waals surface area contributed by atoms with E-state index in [9.17, 15) is 9.59 Å². The molecule has 0 spiro atoms. The second-order valence-corrected chi connectivity index (χ2v) is 6.67. The Hall–Kier alpha value is -2.04. The minimum absolute atomic E-state index is 0.0128. The Labute approximate surface area is 150 Å². The molecular formula is C18H16Cl2N2O2. The van der Waals surface area contributed by atoms with E-state index in [4.69, 9.17) is 23.2 Å². The van der Waals surface area contributed by atoms with Crippen molar-refractivity contribution >= 4 is 40.7 Å². The average Bonchev–Trinajstić information content (AvgIpc) is 2.93. The molecule has 2 amide bonds. The van der Waals surface area contributed by atoms with Crippen LogP contribution in [0.5, 0.6) is 0 Å². The molecular weight excluding hydrogens is 347 g/mol. The molecule has 24 heavy (non-hydrogen) atoms. The van der Waals surface area contributed by atoms with Crippen molar-refractivity contribution in [1.29, 1.82) is 0 Å². The third kappa shape index (κ3) is 4.08. The molecule has 3 rings (SSSR count). The van der Waals surface area contributed by atoms with E-state index in [2.05, 4.69) is 5.32 Å². The van der Waals surface area contributed by atoms with E-state index in [-0.39, 0.29) is 24.2 Å². The Morgan fingerprint density at radius 2 is 1.62 bits per heavy atom. The van der Waals surface area contributed by atoms with Gasteiger partial charge in [-0.15, -0.1) is 0 Å². The van der Waals surface area contributed by atoms with Gasteiger partial charge in [-0.2, -0.15) is 0 Å². The lowest BCUT2D eigenvalue weighted by molar-refractivity contribution is -0.128. The van der Waals surface area contributed by atoms with Gasteiger partial charge in [0.25, 0.3) is 0 Å². The number of likely N-dealkylation sites (tertiary alicyclic amines) is 1. The second-order valence-electron chi connectivity index (χ2n) is 5.80. The molecule has 6 heteroatoms. The molecule has 2 aromatic rings. The molecule has 4 nitrogen and oxygen atoms in total. The van der Waals surface area contributed by atoms with E-state index in [1.807, 2.05) is 12.1 Å². The molecule has 1 N–H and O–H groups in total. The Morgan fingerprint density at radius 3 is 2.25 bits per heavy atom. The lowest BCUT2D eigenvalue weighted by Crippen LogP contribution is -2.28. The topological polar surface area (TPSA) is 49.4 Å².